The highest BCUT2D eigenvalue weighted by Crippen LogP contribution is 2.67. The number of aliphatic hydroxyl groups is 1. The van der Waals surface area contributed by atoms with Crippen LogP contribution >= 0.6 is 0 Å². The van der Waals surface area contributed by atoms with Crippen LogP contribution in [0, 0.1) is 46.3 Å². The van der Waals surface area contributed by atoms with Crippen molar-refractivity contribution in [1.82, 2.24) is 0 Å². The summed E-state index contributed by atoms with van der Waals surface area (Å²) in [5.41, 5.74) is 2.60. The molecule has 0 amide bonds. The van der Waals surface area contributed by atoms with Crippen LogP contribution in [0.3, 0.4) is 0 Å². The van der Waals surface area contributed by atoms with Crippen molar-refractivity contribution >= 4 is 5.97 Å². The van der Waals surface area contributed by atoms with Gasteiger partial charge in [-0.25, -0.2) is 0 Å². The zero-order valence-corrected chi connectivity index (χ0v) is 25.0. The largest absolute Gasteiger partial charge is 0.427 e. The molecule has 212 valence electrons. The first-order valence-corrected chi connectivity index (χ1v) is 15.7. The van der Waals surface area contributed by atoms with Gasteiger partial charge in [0.1, 0.15) is 5.75 Å². The molecule has 0 heterocycles. The highest BCUT2D eigenvalue weighted by atomic mass is 16.5. The number of fused-ring (bicyclic) bond motifs is 5. The SMILES string of the molecule is CC(=O)Oc1ccccc1.CC(C)CCCC(C)[C@H]1CC[C@H]2[C@@H]3CC=C4C[C@@H](O)CC[C@]4(C)[C@H]3CC[C@]12C. The van der Waals surface area contributed by atoms with Crippen LogP contribution < -0.4 is 4.74 Å². The van der Waals surface area contributed by atoms with Crippen molar-refractivity contribution < 1.29 is 14.6 Å². The Bertz CT molecular complexity index is 951. The second-order valence-electron chi connectivity index (χ2n) is 14.1. The lowest BCUT2D eigenvalue weighted by molar-refractivity contribution is -0.131. The number of carbonyl (C=O) groups excluding carboxylic acids is 1. The quantitative estimate of drug-likeness (QED) is 0.230. The first kappa shape index (κ1) is 29.4. The van der Waals surface area contributed by atoms with Crippen LogP contribution in [0.1, 0.15) is 112 Å². The van der Waals surface area contributed by atoms with Crippen LogP contribution in [0.25, 0.3) is 0 Å². The summed E-state index contributed by atoms with van der Waals surface area (Å²) in [6, 6.07) is 8.98. The lowest BCUT2D eigenvalue weighted by atomic mass is 9.47. The minimum Gasteiger partial charge on any atom is -0.427 e. The Kier molecular flexibility index (Phi) is 9.49. The average Bonchev–Trinajstić information content (AvgIpc) is 3.22. The minimum atomic E-state index is -0.286. The van der Waals surface area contributed by atoms with Crippen LogP contribution in [0.5, 0.6) is 5.75 Å². The Morgan fingerprint density at radius 3 is 2.42 bits per heavy atom. The lowest BCUT2D eigenvalue weighted by Gasteiger charge is -2.58. The number of esters is 1. The molecule has 3 nitrogen and oxygen atoms in total. The highest BCUT2D eigenvalue weighted by molar-refractivity contribution is 5.69. The van der Waals surface area contributed by atoms with E-state index < -0.39 is 0 Å². The number of carbonyl (C=O) groups is 1. The van der Waals surface area contributed by atoms with Gasteiger partial charge in [-0.15, -0.1) is 0 Å². The van der Waals surface area contributed by atoms with Gasteiger partial charge in [0.2, 0.25) is 0 Å². The summed E-state index contributed by atoms with van der Waals surface area (Å²) in [4.78, 5) is 10.4. The monoisotopic (exact) mass is 522 g/mol. The van der Waals surface area contributed by atoms with Crippen molar-refractivity contribution in [1.29, 1.82) is 0 Å². The summed E-state index contributed by atoms with van der Waals surface area (Å²) < 4.78 is 4.78. The molecule has 1 unspecified atom stereocenters. The van der Waals surface area contributed by atoms with E-state index >= 15 is 0 Å². The average molecular weight is 523 g/mol. The molecule has 1 aromatic carbocycles. The highest BCUT2D eigenvalue weighted by Gasteiger charge is 2.59. The molecule has 3 fully saturated rings. The molecule has 0 radical (unpaired) electrons. The fourth-order valence-electron chi connectivity index (χ4n) is 9.32. The molecule has 3 saturated carbocycles. The second kappa shape index (κ2) is 12.3. The van der Waals surface area contributed by atoms with Gasteiger partial charge >= 0.3 is 5.97 Å². The molecule has 0 aromatic heterocycles. The van der Waals surface area contributed by atoms with Crippen LogP contribution in [0.2, 0.25) is 0 Å². The third-order valence-electron chi connectivity index (χ3n) is 11.3. The normalized spacial score (nSPS) is 36.6. The summed E-state index contributed by atoms with van der Waals surface area (Å²) in [6.45, 7) is 13.9. The predicted octanol–water partition coefficient (Wildman–Crippen LogP) is 9.00. The molecular formula is C35H54O3. The van der Waals surface area contributed by atoms with Crippen LogP contribution in [-0.4, -0.2) is 17.2 Å². The van der Waals surface area contributed by atoms with Crippen molar-refractivity contribution in [3.05, 3.63) is 42.0 Å². The van der Waals surface area contributed by atoms with E-state index in [1.807, 2.05) is 18.2 Å². The van der Waals surface area contributed by atoms with E-state index in [0.29, 0.717) is 16.6 Å². The van der Waals surface area contributed by atoms with Crippen LogP contribution in [-0.2, 0) is 4.79 Å². The fourth-order valence-corrected chi connectivity index (χ4v) is 9.32. The van der Waals surface area contributed by atoms with Gasteiger partial charge in [-0.2, -0.15) is 0 Å². The standard InChI is InChI=1S/C27H46O.C8H8O2/c1-18(2)7-6-8-19(3)23-11-12-24-22-10-9-20-17-21(28)13-15-26(20,4)25(22)14-16-27(23,24)5;1-7(9)10-8-5-3-2-4-6-8/h9,18-19,21-25,28H,6-8,10-17H2,1-5H3;2-6H,1H3/t19?,21-,22-,23+,24-,25-,26-,27+;/m0./s1. The van der Waals surface area contributed by atoms with Gasteiger partial charge in [0.15, 0.2) is 0 Å². The summed E-state index contributed by atoms with van der Waals surface area (Å²) in [5.74, 6) is 5.76. The first-order valence-electron chi connectivity index (χ1n) is 15.7. The van der Waals surface area contributed by atoms with Crippen LogP contribution in [0.4, 0.5) is 0 Å². The number of hydrogen-bond donors (Lipinski definition) is 1. The van der Waals surface area contributed by atoms with E-state index in [1.165, 1.54) is 64.7 Å². The van der Waals surface area contributed by atoms with E-state index in [9.17, 15) is 9.90 Å². The lowest BCUT2D eigenvalue weighted by Crippen LogP contribution is -2.50. The first-order chi connectivity index (χ1) is 18.0. The number of rotatable bonds is 6. The van der Waals surface area contributed by atoms with Gasteiger partial charge < -0.3 is 9.84 Å². The second-order valence-corrected chi connectivity index (χ2v) is 14.1. The number of hydrogen-bond acceptors (Lipinski definition) is 3. The maximum absolute atomic E-state index is 10.4. The van der Waals surface area contributed by atoms with Crippen molar-refractivity contribution in [2.45, 2.75) is 118 Å². The molecule has 0 aliphatic heterocycles. The zero-order chi connectivity index (χ0) is 27.5. The van der Waals surface area contributed by atoms with E-state index in [0.717, 1.165) is 48.3 Å². The molecule has 8 atom stereocenters. The van der Waals surface area contributed by atoms with E-state index in [-0.39, 0.29) is 12.1 Å². The molecule has 4 aliphatic rings. The Morgan fingerprint density at radius 2 is 1.74 bits per heavy atom. The molecule has 0 saturated heterocycles. The van der Waals surface area contributed by atoms with Gasteiger partial charge in [0.25, 0.3) is 0 Å². The molecule has 0 spiro atoms. The molecule has 1 N–H and O–H groups in total. The van der Waals surface area contributed by atoms with E-state index in [2.05, 4.69) is 40.7 Å². The van der Waals surface area contributed by atoms with Gasteiger partial charge in [-0.1, -0.05) is 83.7 Å². The Labute approximate surface area is 232 Å². The molecule has 0 bridgehead atoms. The number of para-hydroxylation sites is 1. The van der Waals surface area contributed by atoms with Crippen molar-refractivity contribution in [3.8, 4) is 5.75 Å². The Hall–Kier alpha value is -1.61. The predicted molar refractivity (Wildman–Crippen MR) is 157 cm³/mol. The Morgan fingerprint density at radius 1 is 1.00 bits per heavy atom. The summed E-state index contributed by atoms with van der Waals surface area (Å²) in [6.07, 6.45) is 17.2. The van der Waals surface area contributed by atoms with Crippen molar-refractivity contribution in [2.75, 3.05) is 0 Å². The Balaban J connectivity index is 0.000000283. The summed E-state index contributed by atoms with van der Waals surface area (Å²) in [5, 5.41) is 10.2. The number of benzene rings is 1. The van der Waals surface area contributed by atoms with E-state index in [4.69, 9.17) is 4.74 Å². The van der Waals surface area contributed by atoms with Gasteiger partial charge in [-0.05, 0) is 110 Å². The third-order valence-corrected chi connectivity index (χ3v) is 11.3. The molecule has 38 heavy (non-hydrogen) atoms. The van der Waals surface area contributed by atoms with Gasteiger partial charge in [0, 0.05) is 6.92 Å². The smallest absolute Gasteiger partial charge is 0.308 e. The molecule has 4 aliphatic carbocycles. The number of allylic oxidation sites excluding steroid dienone is 1. The fraction of sp³-hybridized carbons (Fsp3) is 0.743. The third kappa shape index (κ3) is 6.24. The van der Waals surface area contributed by atoms with Crippen LogP contribution in [0.15, 0.2) is 42.0 Å². The summed E-state index contributed by atoms with van der Waals surface area (Å²) in [7, 11) is 0. The zero-order valence-electron chi connectivity index (χ0n) is 25.0. The van der Waals surface area contributed by atoms with Crippen molar-refractivity contribution in [2.24, 2.45) is 46.3 Å². The summed E-state index contributed by atoms with van der Waals surface area (Å²) >= 11 is 0. The number of ether oxygens (including phenoxy) is 1. The minimum absolute atomic E-state index is 0.0766. The topological polar surface area (TPSA) is 46.5 Å². The van der Waals surface area contributed by atoms with Gasteiger partial charge in [0.05, 0.1) is 6.10 Å². The molecule has 1 aromatic rings. The molecular weight excluding hydrogens is 468 g/mol. The molecule has 5 rings (SSSR count). The van der Waals surface area contributed by atoms with Gasteiger partial charge in [-0.3, -0.25) is 4.79 Å². The van der Waals surface area contributed by atoms with E-state index in [1.54, 1.807) is 17.7 Å². The maximum Gasteiger partial charge on any atom is 0.308 e. The number of aliphatic hydroxyl groups excluding tert-OH is 1. The molecule has 3 heteroatoms. The maximum atomic E-state index is 10.4. The van der Waals surface area contributed by atoms with Crippen molar-refractivity contribution in [3.63, 3.8) is 0 Å².